The number of nitrogens with two attached hydrogens (primary N) is 1. The van der Waals surface area contributed by atoms with Crippen molar-refractivity contribution in [3.63, 3.8) is 0 Å². The maximum absolute atomic E-state index is 12.2. The fraction of sp³-hybridized carbons (Fsp3) is 0.231. The molecule has 0 saturated carbocycles. The summed E-state index contributed by atoms with van der Waals surface area (Å²) < 4.78 is 46.4. The molecule has 3 N–H and O–H groups in total. The van der Waals surface area contributed by atoms with Gasteiger partial charge in [-0.25, -0.2) is 22.0 Å². The van der Waals surface area contributed by atoms with Crippen LogP contribution < -0.4 is 5.14 Å². The van der Waals surface area contributed by atoms with Crippen molar-refractivity contribution in [2.24, 2.45) is 5.14 Å². The van der Waals surface area contributed by atoms with Crippen molar-refractivity contribution in [2.45, 2.75) is 20.9 Å². The number of hydrogen-bond acceptors (Lipinski definition) is 6. The zero-order chi connectivity index (χ0) is 16.4. The molecule has 1 unspecified atom stereocenters. The molecule has 2 aromatic rings. The van der Waals surface area contributed by atoms with Crippen molar-refractivity contribution in [2.75, 3.05) is 5.75 Å². The average molecular weight is 361 g/mol. The smallest absolute Gasteiger partial charge is 0.247 e. The normalized spacial score (nSPS) is 13.9. The van der Waals surface area contributed by atoms with Gasteiger partial charge in [0, 0.05) is 0 Å². The molecule has 0 amide bonds. The number of sulfonamides is 1. The number of benzene rings is 1. The van der Waals surface area contributed by atoms with Crippen LogP contribution in [0.2, 0.25) is 0 Å². The second-order valence-corrected chi connectivity index (χ2v) is 9.86. The van der Waals surface area contributed by atoms with E-state index in [1.807, 2.05) is 0 Å². The highest BCUT2D eigenvalue weighted by Gasteiger charge is 2.22. The Kier molecular flexibility index (Phi) is 5.03. The molecule has 2 rings (SSSR count). The maximum atomic E-state index is 12.2. The van der Waals surface area contributed by atoms with Gasteiger partial charge in [0.1, 0.15) is 8.42 Å². The third-order valence-corrected chi connectivity index (χ3v) is 7.84. The molecule has 0 aliphatic rings. The first-order valence-electron chi connectivity index (χ1n) is 6.28. The zero-order valence-electron chi connectivity index (χ0n) is 11.4. The second-order valence-electron chi connectivity index (χ2n) is 4.65. The van der Waals surface area contributed by atoms with Gasteiger partial charge in [0.05, 0.1) is 11.9 Å². The highest BCUT2D eigenvalue weighted by atomic mass is 32.3. The van der Waals surface area contributed by atoms with Gasteiger partial charge in [0.2, 0.25) is 10.0 Å². The maximum Gasteiger partial charge on any atom is 0.247 e. The quantitative estimate of drug-likeness (QED) is 0.804. The van der Waals surface area contributed by atoms with Crippen LogP contribution in [0.4, 0.5) is 0 Å². The summed E-state index contributed by atoms with van der Waals surface area (Å²) in [7, 11) is -7.58. The van der Waals surface area contributed by atoms with E-state index in [-0.39, 0.29) is 20.6 Å². The summed E-state index contributed by atoms with van der Waals surface area (Å²) in [6.07, 6.45) is -0.872. The molecule has 9 heteroatoms. The van der Waals surface area contributed by atoms with E-state index in [2.05, 4.69) is 0 Å². The predicted octanol–water partition coefficient (Wildman–Crippen LogP) is 1.29. The lowest BCUT2D eigenvalue weighted by Gasteiger charge is -2.10. The molecule has 0 aliphatic heterocycles. The minimum absolute atomic E-state index is 0.0228. The predicted molar refractivity (Wildman–Crippen MR) is 83.8 cm³/mol. The fourth-order valence-corrected chi connectivity index (χ4v) is 5.49. The van der Waals surface area contributed by atoms with Gasteiger partial charge in [-0.05, 0) is 24.1 Å². The molecular weight excluding hydrogens is 346 g/mol. The summed E-state index contributed by atoms with van der Waals surface area (Å²) in [6.45, 7) is 0. The molecule has 0 spiro atoms. The Labute approximate surface area is 133 Å². The van der Waals surface area contributed by atoms with E-state index in [1.54, 1.807) is 30.3 Å². The van der Waals surface area contributed by atoms with Crippen LogP contribution >= 0.6 is 11.3 Å². The van der Waals surface area contributed by atoms with Crippen LogP contribution in [-0.2, 0) is 19.9 Å². The van der Waals surface area contributed by atoms with Gasteiger partial charge >= 0.3 is 0 Å². The zero-order valence-corrected chi connectivity index (χ0v) is 13.9. The summed E-state index contributed by atoms with van der Waals surface area (Å²) in [5, 5.41) is 14.9. The molecule has 1 heterocycles. The van der Waals surface area contributed by atoms with Gasteiger partial charge in [-0.15, -0.1) is 11.3 Å². The first-order valence-corrected chi connectivity index (χ1v) is 10.3. The molecule has 1 atom stereocenters. The van der Waals surface area contributed by atoms with Crippen LogP contribution in [0.25, 0.3) is 0 Å². The van der Waals surface area contributed by atoms with Gasteiger partial charge in [0.25, 0.3) is 0 Å². The Balaban J connectivity index is 2.10. The van der Waals surface area contributed by atoms with Crippen molar-refractivity contribution in [1.82, 2.24) is 0 Å². The van der Waals surface area contributed by atoms with Crippen LogP contribution in [0, 0.1) is 0 Å². The third-order valence-electron chi connectivity index (χ3n) is 2.99. The molecule has 22 heavy (non-hydrogen) atoms. The van der Waals surface area contributed by atoms with Gasteiger partial charge in [-0.1, -0.05) is 30.3 Å². The molecule has 0 aliphatic carbocycles. The van der Waals surface area contributed by atoms with E-state index < -0.39 is 26.0 Å². The topological polar surface area (TPSA) is 115 Å². The highest BCUT2D eigenvalue weighted by Crippen LogP contribution is 2.27. The molecule has 1 aromatic heterocycles. The van der Waals surface area contributed by atoms with Crippen LogP contribution in [0.15, 0.2) is 50.9 Å². The second kappa shape index (κ2) is 6.47. The van der Waals surface area contributed by atoms with Gasteiger partial charge < -0.3 is 5.11 Å². The minimum Gasteiger partial charge on any atom is -0.388 e. The lowest BCUT2D eigenvalue weighted by molar-refractivity contribution is 0.174. The van der Waals surface area contributed by atoms with Gasteiger partial charge in [-0.2, -0.15) is 0 Å². The van der Waals surface area contributed by atoms with E-state index >= 15 is 0 Å². The average Bonchev–Trinajstić information content (AvgIpc) is 2.96. The Bertz CT molecular complexity index is 841. The van der Waals surface area contributed by atoms with Crippen LogP contribution in [0.1, 0.15) is 18.1 Å². The summed E-state index contributed by atoms with van der Waals surface area (Å²) in [5.41, 5.74) is 0.633. The number of thiophene rings is 1. The van der Waals surface area contributed by atoms with E-state index in [9.17, 15) is 21.9 Å². The van der Waals surface area contributed by atoms with Crippen molar-refractivity contribution in [1.29, 1.82) is 0 Å². The number of rotatable bonds is 6. The molecule has 120 valence electrons. The standard InChI is InChI=1S/C13H15NO5S3/c14-22(18,19)13-7-6-12(20-13)21(16,17)9-8-11(15)10-4-2-1-3-5-10/h1-7,11,15H,8-9H2,(H2,14,18,19). The van der Waals surface area contributed by atoms with Crippen molar-refractivity contribution < 1.29 is 21.9 Å². The summed E-state index contributed by atoms with van der Waals surface area (Å²) in [6, 6.07) is 11.1. The molecule has 0 fully saturated rings. The van der Waals surface area contributed by atoms with Crippen molar-refractivity contribution in [3.05, 3.63) is 48.0 Å². The Morgan fingerprint density at radius 2 is 1.59 bits per heavy atom. The first kappa shape index (κ1) is 17.1. The molecule has 0 radical (unpaired) electrons. The number of hydrogen-bond donors (Lipinski definition) is 2. The van der Waals surface area contributed by atoms with E-state index in [1.165, 1.54) is 12.1 Å². The summed E-state index contributed by atoms with van der Waals surface area (Å²) in [5.74, 6) is -0.284. The molecule has 1 aromatic carbocycles. The molecule has 6 nitrogen and oxygen atoms in total. The van der Waals surface area contributed by atoms with Crippen molar-refractivity contribution >= 4 is 31.2 Å². The summed E-state index contributed by atoms with van der Waals surface area (Å²) >= 11 is 0.612. The SMILES string of the molecule is NS(=O)(=O)c1ccc(S(=O)(=O)CCC(O)c2ccccc2)s1. The Morgan fingerprint density at radius 3 is 2.14 bits per heavy atom. The van der Waals surface area contributed by atoms with E-state index in [0.29, 0.717) is 16.9 Å². The fourth-order valence-electron chi connectivity index (χ4n) is 1.83. The monoisotopic (exact) mass is 361 g/mol. The third kappa shape index (κ3) is 4.14. The Morgan fingerprint density at radius 1 is 1.00 bits per heavy atom. The highest BCUT2D eigenvalue weighted by molar-refractivity contribution is 7.95. The number of primary sulfonamides is 1. The Hall–Kier alpha value is -1.26. The van der Waals surface area contributed by atoms with Crippen LogP contribution in [-0.4, -0.2) is 27.7 Å². The number of aliphatic hydroxyl groups excluding tert-OH is 1. The van der Waals surface area contributed by atoms with Crippen LogP contribution in [0.5, 0.6) is 0 Å². The van der Waals surface area contributed by atoms with E-state index in [4.69, 9.17) is 5.14 Å². The van der Waals surface area contributed by atoms with Gasteiger partial charge in [-0.3, -0.25) is 0 Å². The van der Waals surface area contributed by atoms with Gasteiger partial charge in [0.15, 0.2) is 9.84 Å². The minimum atomic E-state index is -3.91. The molecule has 0 saturated heterocycles. The summed E-state index contributed by atoms with van der Waals surface area (Å²) in [4.78, 5) is 0. The largest absolute Gasteiger partial charge is 0.388 e. The molecule has 0 bridgehead atoms. The van der Waals surface area contributed by atoms with Crippen LogP contribution in [0.3, 0.4) is 0 Å². The lowest BCUT2D eigenvalue weighted by Crippen LogP contribution is -2.10. The first-order chi connectivity index (χ1) is 10.2. The van der Waals surface area contributed by atoms with Crippen molar-refractivity contribution in [3.8, 4) is 0 Å². The lowest BCUT2D eigenvalue weighted by atomic mass is 10.1. The number of aliphatic hydroxyl groups is 1. The molecular formula is C13H15NO5S3. The van der Waals surface area contributed by atoms with E-state index in [0.717, 1.165) is 0 Å². The number of sulfone groups is 1.